The average molecular weight is 656 g/mol. The van der Waals surface area contributed by atoms with E-state index >= 15 is 0 Å². The van der Waals surface area contributed by atoms with Gasteiger partial charge in [-0.2, -0.15) is 5.26 Å². The van der Waals surface area contributed by atoms with Crippen molar-refractivity contribution in [3.8, 4) is 6.07 Å². The molecule has 1 fully saturated rings. The number of aromatic amines is 1. The normalized spacial score (nSPS) is 16.2. The van der Waals surface area contributed by atoms with Crippen LogP contribution in [0.1, 0.15) is 82.8 Å². The first-order valence-corrected chi connectivity index (χ1v) is 16.5. The van der Waals surface area contributed by atoms with Gasteiger partial charge in [0.1, 0.15) is 24.2 Å². The Morgan fingerprint density at radius 1 is 1.09 bits per heavy atom. The number of halogens is 1. The summed E-state index contributed by atoms with van der Waals surface area (Å²) in [6.45, 7) is 5.42. The molecule has 2 aromatic heterocycles. The molecule has 46 heavy (non-hydrogen) atoms. The zero-order valence-corrected chi connectivity index (χ0v) is 28.6. The smallest absolute Gasteiger partial charge is 0.236 e. The van der Waals surface area contributed by atoms with Gasteiger partial charge in [-0.3, -0.25) is 4.79 Å². The van der Waals surface area contributed by atoms with Gasteiger partial charge in [-0.15, -0.1) is 12.4 Å². The first-order chi connectivity index (χ1) is 21.7. The van der Waals surface area contributed by atoms with Gasteiger partial charge in [0.05, 0.1) is 36.2 Å². The lowest BCUT2D eigenvalue weighted by Crippen LogP contribution is -2.52. The largest absolute Gasteiger partial charge is 0.394 e. The molecule has 3 aromatic rings. The number of H-pyrrole nitrogens is 1. The summed E-state index contributed by atoms with van der Waals surface area (Å²) < 4.78 is 0. The number of nitrogens with two attached hydrogens (primary N) is 1. The van der Waals surface area contributed by atoms with Crippen molar-refractivity contribution in [1.82, 2.24) is 19.9 Å². The summed E-state index contributed by atoms with van der Waals surface area (Å²) in [6, 6.07) is 12.7. The Hall–Kier alpha value is -3.23. The zero-order valence-electron chi connectivity index (χ0n) is 27.8. The molecule has 1 aromatic carbocycles. The highest BCUT2D eigenvalue weighted by Crippen LogP contribution is 2.28. The molecule has 3 heterocycles. The predicted molar refractivity (Wildman–Crippen MR) is 187 cm³/mol. The number of likely N-dealkylation sites (tertiary alicyclic amines) is 1. The number of aryl methyl sites for hydroxylation is 2. The number of nitrogens with one attached hydrogen (secondary N) is 1. The standard InChI is InChI=1S/C19H33NO2.C16H20N6O.ClH/c1-2-3-4-5-6-7-8-17-9-11-18(12-10-17)13-14-19(20,15-21)16-22;1-11-5-8-22(14(23)3-6-17)9-13(11)21(2)16-12-4-7-18-15(12)19-10-20-16;/h9-12,21-22H,2-8,13-16,20H2,1H3;4,7,10-11,13H,3,5,8-9H2,1-2H3,(H,18,19,20);1H. The predicted octanol–water partition coefficient (Wildman–Crippen LogP) is 5.17. The van der Waals surface area contributed by atoms with E-state index in [-0.39, 0.29) is 44.0 Å². The van der Waals surface area contributed by atoms with E-state index in [0.717, 1.165) is 42.7 Å². The molecular formula is C35H54ClN7O3. The molecule has 10 nitrogen and oxygen atoms in total. The quantitative estimate of drug-likeness (QED) is 0.163. The van der Waals surface area contributed by atoms with Crippen LogP contribution in [-0.2, 0) is 17.6 Å². The highest BCUT2D eigenvalue weighted by molar-refractivity contribution is 5.87. The number of unbranched alkanes of at least 4 members (excludes halogenated alkanes) is 5. The van der Waals surface area contributed by atoms with E-state index < -0.39 is 5.54 Å². The fourth-order valence-electron chi connectivity index (χ4n) is 5.84. The molecule has 254 valence electrons. The summed E-state index contributed by atoms with van der Waals surface area (Å²) in [5.41, 5.74) is 8.44. The number of likely N-dealkylation sites (N-methyl/N-ethyl adjacent to an activating group) is 1. The van der Waals surface area contributed by atoms with Crippen molar-refractivity contribution in [2.24, 2.45) is 11.7 Å². The number of fused-ring (bicyclic) bond motifs is 1. The molecule has 2 unspecified atom stereocenters. The molecule has 1 aliphatic rings. The topological polar surface area (TPSA) is 155 Å². The maximum Gasteiger partial charge on any atom is 0.236 e. The van der Waals surface area contributed by atoms with Gasteiger partial charge in [-0.1, -0.05) is 70.2 Å². The van der Waals surface area contributed by atoms with E-state index in [0.29, 0.717) is 18.9 Å². The molecule has 0 radical (unpaired) electrons. The fraction of sp³-hybridized carbons (Fsp3) is 0.600. The number of anilines is 1. The number of hydrogen-bond acceptors (Lipinski definition) is 8. The lowest BCUT2D eigenvalue weighted by molar-refractivity contribution is -0.131. The number of piperidine rings is 1. The van der Waals surface area contributed by atoms with Crippen molar-refractivity contribution in [3.05, 3.63) is 54.0 Å². The Morgan fingerprint density at radius 3 is 2.39 bits per heavy atom. The maximum atomic E-state index is 12.0. The summed E-state index contributed by atoms with van der Waals surface area (Å²) >= 11 is 0. The fourth-order valence-corrected chi connectivity index (χ4v) is 5.84. The molecule has 4 rings (SSSR count). The van der Waals surface area contributed by atoms with Crippen LogP contribution in [-0.4, -0.2) is 80.9 Å². The highest BCUT2D eigenvalue weighted by atomic mass is 35.5. The SMILES string of the molecule is CC1CCN(C(=O)CC#N)CC1N(C)c1ncnc2[nH]ccc12.CCCCCCCCc1ccc(CCC(N)(CO)CO)cc1.Cl. The molecular weight excluding hydrogens is 602 g/mol. The van der Waals surface area contributed by atoms with Gasteiger partial charge in [0.2, 0.25) is 5.91 Å². The van der Waals surface area contributed by atoms with Gasteiger partial charge in [0.15, 0.2) is 0 Å². The monoisotopic (exact) mass is 655 g/mol. The number of aromatic nitrogens is 3. The number of rotatable bonds is 15. The van der Waals surface area contributed by atoms with Crippen LogP contribution in [0.3, 0.4) is 0 Å². The van der Waals surface area contributed by atoms with Gasteiger partial charge >= 0.3 is 0 Å². The zero-order chi connectivity index (χ0) is 32.7. The van der Waals surface area contributed by atoms with Crippen molar-refractivity contribution in [1.29, 1.82) is 5.26 Å². The van der Waals surface area contributed by atoms with Crippen molar-refractivity contribution < 1.29 is 15.0 Å². The number of carbonyl (C=O) groups is 1. The summed E-state index contributed by atoms with van der Waals surface area (Å²) in [7, 11) is 2.01. The number of aliphatic hydroxyl groups is 2. The van der Waals surface area contributed by atoms with E-state index in [1.165, 1.54) is 49.7 Å². The number of hydrogen-bond donors (Lipinski definition) is 4. The number of carbonyl (C=O) groups excluding carboxylic acids is 1. The van der Waals surface area contributed by atoms with Crippen molar-refractivity contribution in [3.63, 3.8) is 0 Å². The average Bonchev–Trinajstić information content (AvgIpc) is 3.55. The van der Waals surface area contributed by atoms with E-state index in [1.54, 1.807) is 11.2 Å². The van der Waals surface area contributed by atoms with Crippen LogP contribution in [0.5, 0.6) is 0 Å². The van der Waals surface area contributed by atoms with Crippen LogP contribution in [0.15, 0.2) is 42.9 Å². The summed E-state index contributed by atoms with van der Waals surface area (Å²) in [5.74, 6) is 1.21. The summed E-state index contributed by atoms with van der Waals surface area (Å²) in [6.07, 6.45) is 14.8. The second-order valence-electron chi connectivity index (χ2n) is 12.6. The lowest BCUT2D eigenvalue weighted by Gasteiger charge is -2.42. The van der Waals surface area contributed by atoms with Gasteiger partial charge < -0.3 is 30.7 Å². The van der Waals surface area contributed by atoms with Crippen molar-refractivity contribution in [2.75, 3.05) is 38.3 Å². The van der Waals surface area contributed by atoms with Crippen LogP contribution in [0, 0.1) is 17.2 Å². The molecule has 11 heteroatoms. The van der Waals surface area contributed by atoms with Crippen molar-refractivity contribution in [2.45, 2.75) is 96.1 Å². The van der Waals surface area contributed by atoms with Crippen LogP contribution >= 0.6 is 12.4 Å². The Kier molecular flexibility index (Phi) is 17.0. The van der Waals surface area contributed by atoms with Crippen LogP contribution in [0.25, 0.3) is 11.0 Å². The molecule has 2 atom stereocenters. The lowest BCUT2D eigenvalue weighted by atomic mass is 9.92. The van der Waals surface area contributed by atoms with E-state index in [2.05, 4.69) is 58.0 Å². The minimum absolute atomic E-state index is 0. The molecule has 1 aliphatic heterocycles. The molecule has 1 saturated heterocycles. The number of nitriles is 1. The molecule has 0 saturated carbocycles. The molecule has 0 aliphatic carbocycles. The third-order valence-corrected chi connectivity index (χ3v) is 9.05. The van der Waals surface area contributed by atoms with Crippen LogP contribution < -0.4 is 10.6 Å². The third-order valence-electron chi connectivity index (χ3n) is 9.05. The number of aliphatic hydroxyl groups excluding tert-OH is 2. The summed E-state index contributed by atoms with van der Waals surface area (Å²) in [4.78, 5) is 27.7. The molecule has 0 spiro atoms. The second kappa shape index (κ2) is 20.1. The van der Waals surface area contributed by atoms with E-state index in [4.69, 9.17) is 11.0 Å². The summed E-state index contributed by atoms with van der Waals surface area (Å²) in [5, 5.41) is 28.1. The Labute approximate surface area is 280 Å². The van der Waals surface area contributed by atoms with Gasteiger partial charge in [0.25, 0.3) is 0 Å². The first-order valence-electron chi connectivity index (χ1n) is 16.5. The van der Waals surface area contributed by atoms with Gasteiger partial charge in [-0.05, 0) is 55.2 Å². The highest BCUT2D eigenvalue weighted by Gasteiger charge is 2.32. The van der Waals surface area contributed by atoms with Crippen LogP contribution in [0.4, 0.5) is 5.82 Å². The molecule has 1 amide bonds. The molecule has 5 N–H and O–H groups in total. The Bertz CT molecular complexity index is 1340. The van der Waals surface area contributed by atoms with E-state index in [9.17, 15) is 15.0 Å². The van der Waals surface area contributed by atoms with Crippen LogP contribution in [0.2, 0.25) is 0 Å². The first kappa shape index (κ1) is 39.0. The minimum Gasteiger partial charge on any atom is -0.394 e. The Balaban J connectivity index is 0.000000314. The van der Waals surface area contributed by atoms with E-state index in [1.807, 2.05) is 25.4 Å². The van der Waals surface area contributed by atoms with Gasteiger partial charge in [-0.25, -0.2) is 9.97 Å². The number of amides is 1. The molecule has 0 bridgehead atoms. The number of nitrogens with zero attached hydrogens (tertiary/aromatic N) is 5. The number of benzene rings is 1. The minimum atomic E-state index is -0.864. The Morgan fingerprint density at radius 2 is 1.74 bits per heavy atom. The van der Waals surface area contributed by atoms with Gasteiger partial charge in [0, 0.05) is 26.3 Å². The van der Waals surface area contributed by atoms with Crippen molar-refractivity contribution >= 4 is 35.2 Å². The maximum absolute atomic E-state index is 12.0. The third kappa shape index (κ3) is 11.5. The second-order valence-corrected chi connectivity index (χ2v) is 12.6.